The second-order valence-corrected chi connectivity index (χ2v) is 4.06. The maximum absolute atomic E-state index is 11.3. The molecule has 1 aromatic rings. The summed E-state index contributed by atoms with van der Waals surface area (Å²) in [5.41, 5.74) is 10.4. The van der Waals surface area contributed by atoms with Gasteiger partial charge in [-0.05, 0) is 43.0 Å². The molecule has 0 aliphatic carbocycles. The van der Waals surface area contributed by atoms with E-state index in [1.807, 2.05) is 18.2 Å². The van der Waals surface area contributed by atoms with Crippen molar-refractivity contribution in [2.75, 3.05) is 7.11 Å². The van der Waals surface area contributed by atoms with Gasteiger partial charge in [0.05, 0.1) is 12.7 Å². The van der Waals surface area contributed by atoms with Crippen molar-refractivity contribution in [1.29, 1.82) is 0 Å². The summed E-state index contributed by atoms with van der Waals surface area (Å²) in [6.07, 6.45) is 4.75. The third-order valence-electron chi connectivity index (χ3n) is 2.77. The number of ether oxygens (including phenoxy) is 1. The van der Waals surface area contributed by atoms with Crippen LogP contribution in [-0.4, -0.2) is 13.1 Å². The van der Waals surface area contributed by atoms with Crippen molar-refractivity contribution in [3.63, 3.8) is 0 Å². The smallest absolute Gasteiger partial charge is 0.337 e. The molecule has 1 atom stereocenters. The van der Waals surface area contributed by atoms with E-state index in [2.05, 4.69) is 17.0 Å². The Hall–Kier alpha value is -1.83. The van der Waals surface area contributed by atoms with Gasteiger partial charge in [0.1, 0.15) is 0 Å². The largest absolute Gasteiger partial charge is 0.465 e. The summed E-state index contributed by atoms with van der Waals surface area (Å²) >= 11 is 0. The lowest BCUT2D eigenvalue weighted by molar-refractivity contribution is 0.0600. The number of unbranched alkanes of at least 4 members (excludes halogenated alkanes) is 1. The van der Waals surface area contributed by atoms with Crippen LogP contribution in [0.5, 0.6) is 0 Å². The van der Waals surface area contributed by atoms with E-state index in [-0.39, 0.29) is 12.0 Å². The summed E-state index contributed by atoms with van der Waals surface area (Å²) in [6.45, 7) is 3.51. The van der Waals surface area contributed by atoms with Crippen LogP contribution < -0.4 is 5.73 Å². The van der Waals surface area contributed by atoms with Gasteiger partial charge in [-0.2, -0.15) is 0 Å². The minimum absolute atomic E-state index is 0.00471. The number of hydrogen-bond donors (Lipinski definition) is 1. The van der Waals surface area contributed by atoms with E-state index in [0.29, 0.717) is 5.56 Å². The molecule has 0 saturated carbocycles. The van der Waals surface area contributed by atoms with Crippen LogP contribution in [0.3, 0.4) is 0 Å². The Morgan fingerprint density at radius 3 is 2.72 bits per heavy atom. The topological polar surface area (TPSA) is 52.3 Å². The minimum Gasteiger partial charge on any atom is -0.465 e. The molecule has 3 nitrogen and oxygen atoms in total. The molecule has 0 amide bonds. The Morgan fingerprint density at radius 1 is 1.50 bits per heavy atom. The molecule has 0 saturated heterocycles. The third kappa shape index (κ3) is 4.21. The van der Waals surface area contributed by atoms with E-state index < -0.39 is 0 Å². The average molecular weight is 245 g/mol. The van der Waals surface area contributed by atoms with E-state index >= 15 is 0 Å². The number of carbonyl (C=O) groups is 1. The van der Waals surface area contributed by atoms with Gasteiger partial charge in [-0.25, -0.2) is 4.79 Å². The Labute approximate surface area is 108 Å². The van der Waals surface area contributed by atoms with Gasteiger partial charge in [-0.1, -0.05) is 18.7 Å². The van der Waals surface area contributed by atoms with Crippen LogP contribution in [0.2, 0.25) is 0 Å². The molecular weight excluding hydrogens is 226 g/mol. The van der Waals surface area contributed by atoms with Crippen LogP contribution in [-0.2, 0) is 4.74 Å². The van der Waals surface area contributed by atoms with Gasteiger partial charge in [-0.3, -0.25) is 0 Å². The van der Waals surface area contributed by atoms with E-state index in [4.69, 9.17) is 5.73 Å². The highest BCUT2D eigenvalue weighted by atomic mass is 16.5. The van der Waals surface area contributed by atoms with Gasteiger partial charge < -0.3 is 10.5 Å². The maximum Gasteiger partial charge on any atom is 0.337 e. The highest BCUT2D eigenvalue weighted by Crippen LogP contribution is 2.17. The molecular formula is C15H19NO2. The van der Waals surface area contributed by atoms with Crippen LogP contribution in [0.1, 0.15) is 41.2 Å². The van der Waals surface area contributed by atoms with Crippen molar-refractivity contribution in [3.8, 4) is 0 Å². The van der Waals surface area contributed by atoms with Gasteiger partial charge in [0, 0.05) is 6.04 Å². The molecule has 0 aliphatic heterocycles. The molecule has 0 radical (unpaired) electrons. The fraction of sp³-hybridized carbons (Fsp3) is 0.333. The van der Waals surface area contributed by atoms with Gasteiger partial charge >= 0.3 is 5.97 Å². The van der Waals surface area contributed by atoms with Gasteiger partial charge in [-0.15, -0.1) is 5.73 Å². The lowest BCUT2D eigenvalue weighted by Crippen LogP contribution is -2.10. The van der Waals surface area contributed by atoms with Crippen LogP contribution in [0, 0.1) is 0 Å². The molecule has 3 heteroatoms. The highest BCUT2D eigenvalue weighted by molar-refractivity contribution is 5.89. The highest BCUT2D eigenvalue weighted by Gasteiger charge is 2.08. The quantitative estimate of drug-likeness (QED) is 0.476. The predicted octanol–water partition coefficient (Wildman–Crippen LogP) is 2.98. The summed E-state index contributed by atoms with van der Waals surface area (Å²) in [7, 11) is 1.37. The zero-order valence-corrected chi connectivity index (χ0v) is 10.7. The fourth-order valence-electron chi connectivity index (χ4n) is 1.69. The van der Waals surface area contributed by atoms with Crippen molar-refractivity contribution < 1.29 is 9.53 Å². The summed E-state index contributed by atoms with van der Waals surface area (Å²) in [4.78, 5) is 11.3. The number of rotatable bonds is 6. The molecule has 1 aromatic carbocycles. The Morgan fingerprint density at radius 2 is 2.17 bits per heavy atom. The summed E-state index contributed by atoms with van der Waals surface area (Å²) in [5.74, 6) is -0.328. The van der Waals surface area contributed by atoms with E-state index in [1.54, 1.807) is 12.1 Å². The van der Waals surface area contributed by atoms with Gasteiger partial charge in [0.25, 0.3) is 0 Å². The minimum atomic E-state index is -0.328. The molecule has 18 heavy (non-hydrogen) atoms. The first-order valence-corrected chi connectivity index (χ1v) is 5.97. The average Bonchev–Trinajstić information content (AvgIpc) is 2.42. The van der Waals surface area contributed by atoms with Crippen molar-refractivity contribution in [2.45, 2.75) is 25.3 Å². The first-order valence-electron chi connectivity index (χ1n) is 5.97. The molecule has 1 rings (SSSR count). The third-order valence-corrected chi connectivity index (χ3v) is 2.77. The number of benzene rings is 1. The van der Waals surface area contributed by atoms with Crippen molar-refractivity contribution in [1.82, 2.24) is 0 Å². The van der Waals surface area contributed by atoms with Gasteiger partial charge in [0.2, 0.25) is 0 Å². The van der Waals surface area contributed by atoms with Crippen LogP contribution in [0.15, 0.2) is 42.7 Å². The first-order chi connectivity index (χ1) is 8.69. The molecule has 96 valence electrons. The Balaban J connectivity index is 2.56. The maximum atomic E-state index is 11.3. The normalized spacial score (nSPS) is 11.4. The molecule has 0 aliphatic rings. The van der Waals surface area contributed by atoms with E-state index in [0.717, 1.165) is 24.8 Å². The van der Waals surface area contributed by atoms with Gasteiger partial charge in [0.15, 0.2) is 0 Å². The second-order valence-electron chi connectivity index (χ2n) is 4.06. The van der Waals surface area contributed by atoms with E-state index in [1.165, 1.54) is 7.11 Å². The molecule has 2 N–H and O–H groups in total. The number of nitrogens with two attached hydrogens (primary N) is 1. The summed E-state index contributed by atoms with van der Waals surface area (Å²) in [6, 6.07) is 7.23. The van der Waals surface area contributed by atoms with Crippen LogP contribution >= 0.6 is 0 Å². The lowest BCUT2D eigenvalue weighted by atomic mass is 10.0. The number of allylic oxidation sites excluding steroid dienone is 1. The predicted molar refractivity (Wildman–Crippen MR) is 72.3 cm³/mol. The molecule has 0 heterocycles. The van der Waals surface area contributed by atoms with Crippen molar-refractivity contribution >= 4 is 5.97 Å². The summed E-state index contributed by atoms with van der Waals surface area (Å²) in [5, 5.41) is 0. The standard InChI is InChI=1S/C15H19NO2/c1-3-4-5-6-7-14(16)12-8-10-13(11-9-12)15(17)18-2/h4,8-11,14H,1,5-7,16H2,2H3. The Kier molecular flexibility index (Phi) is 5.92. The number of methoxy groups -OCH3 is 1. The second kappa shape index (κ2) is 7.49. The molecule has 0 spiro atoms. The van der Waals surface area contributed by atoms with E-state index in [9.17, 15) is 4.79 Å². The first kappa shape index (κ1) is 14.2. The lowest BCUT2D eigenvalue weighted by Gasteiger charge is -2.11. The SMILES string of the molecule is C=C=CCCCC(N)c1ccc(C(=O)OC)cc1. The van der Waals surface area contributed by atoms with Crippen molar-refractivity contribution in [2.24, 2.45) is 5.73 Å². The molecule has 0 fully saturated rings. The van der Waals surface area contributed by atoms with Crippen LogP contribution in [0.25, 0.3) is 0 Å². The molecule has 0 bridgehead atoms. The number of carbonyl (C=O) groups excluding carboxylic acids is 1. The fourth-order valence-corrected chi connectivity index (χ4v) is 1.69. The van der Waals surface area contributed by atoms with Crippen LogP contribution in [0.4, 0.5) is 0 Å². The number of hydrogen-bond acceptors (Lipinski definition) is 3. The molecule has 0 aromatic heterocycles. The Bertz CT molecular complexity index is 430. The molecule has 1 unspecified atom stereocenters. The number of esters is 1. The zero-order valence-electron chi connectivity index (χ0n) is 10.7. The monoisotopic (exact) mass is 245 g/mol. The van der Waals surface area contributed by atoms with Crippen molar-refractivity contribution in [3.05, 3.63) is 53.8 Å². The zero-order chi connectivity index (χ0) is 13.4. The summed E-state index contributed by atoms with van der Waals surface area (Å²) < 4.78 is 4.64.